The van der Waals surface area contributed by atoms with Gasteiger partial charge in [-0.15, -0.1) is 11.3 Å². The fraction of sp³-hybridized carbons (Fsp3) is 0.154. The molecule has 0 saturated carbocycles. The summed E-state index contributed by atoms with van der Waals surface area (Å²) in [5.74, 6) is -2.04. The Morgan fingerprint density at radius 1 is 1.09 bits per heavy atom. The van der Waals surface area contributed by atoms with E-state index < -0.39 is 11.9 Å². The van der Waals surface area contributed by atoms with Crippen LogP contribution in [0.1, 0.15) is 33.0 Å². The van der Waals surface area contributed by atoms with E-state index >= 15 is 0 Å². The van der Waals surface area contributed by atoms with Crippen molar-refractivity contribution in [2.45, 2.75) is 13.0 Å². The van der Waals surface area contributed by atoms with Gasteiger partial charge < -0.3 is 15.7 Å². The molecule has 1 unspecified atom stereocenters. The van der Waals surface area contributed by atoms with Crippen LogP contribution in [0.25, 0.3) is 15.7 Å². The number of carbonyl (C=O) groups excluding carboxylic acids is 2. The Balaban J connectivity index is 1.25. The predicted octanol–water partition coefficient (Wildman–Crippen LogP) is 3.80. The fourth-order valence-corrected chi connectivity index (χ4v) is 4.73. The third-order valence-electron chi connectivity index (χ3n) is 5.87. The summed E-state index contributed by atoms with van der Waals surface area (Å²) >= 11 is 1.68. The number of amides is 2. The van der Waals surface area contributed by atoms with Crippen LogP contribution < -0.4 is 10.6 Å². The molecular weight excluding hydrogens is 464 g/mol. The number of rotatable bonds is 7. The number of nitrogens with one attached hydrogen (secondary N) is 2. The standard InChI is InChI=1S/C26H22N4O4S/c31-24(27-14-17-6-9-22-19(12-17)10-11-35-22)20-15-30-21(2-1-3-23(30)29-20)25(32)28-13-16-4-7-18(8-5-16)26(33)34/h1-7,9-12,15,18H,8,13-14H2,(H,27,31)(H,28,32)(H,33,34). The lowest BCUT2D eigenvalue weighted by Crippen LogP contribution is -2.27. The highest BCUT2D eigenvalue weighted by molar-refractivity contribution is 7.17. The first-order chi connectivity index (χ1) is 17.0. The molecule has 0 radical (unpaired) electrons. The molecule has 35 heavy (non-hydrogen) atoms. The molecule has 3 aromatic heterocycles. The molecule has 9 heteroatoms. The zero-order valence-electron chi connectivity index (χ0n) is 18.6. The van der Waals surface area contributed by atoms with Gasteiger partial charge in [-0.1, -0.05) is 30.4 Å². The molecule has 2 amide bonds. The van der Waals surface area contributed by atoms with Gasteiger partial charge in [-0.3, -0.25) is 18.8 Å². The number of allylic oxidation sites excluding steroid dienone is 1. The Hall–Kier alpha value is -4.24. The Morgan fingerprint density at radius 3 is 2.74 bits per heavy atom. The van der Waals surface area contributed by atoms with Crippen LogP contribution in [0.15, 0.2) is 77.8 Å². The normalized spacial score (nSPS) is 15.2. The number of carboxylic acids is 1. The van der Waals surface area contributed by atoms with Gasteiger partial charge in [0.1, 0.15) is 17.0 Å². The lowest BCUT2D eigenvalue weighted by Gasteiger charge is -2.13. The van der Waals surface area contributed by atoms with Crippen molar-refractivity contribution in [1.82, 2.24) is 20.0 Å². The first-order valence-corrected chi connectivity index (χ1v) is 12.0. The van der Waals surface area contributed by atoms with Crippen LogP contribution in [-0.2, 0) is 11.3 Å². The van der Waals surface area contributed by atoms with Crippen LogP contribution in [-0.4, -0.2) is 38.8 Å². The molecule has 1 aliphatic carbocycles. The summed E-state index contributed by atoms with van der Waals surface area (Å²) in [6, 6.07) is 13.2. The van der Waals surface area contributed by atoms with E-state index in [9.17, 15) is 14.4 Å². The van der Waals surface area contributed by atoms with Crippen molar-refractivity contribution in [2.24, 2.45) is 5.92 Å². The average Bonchev–Trinajstić information content (AvgIpc) is 3.52. The Kier molecular flexibility index (Phi) is 6.15. The van der Waals surface area contributed by atoms with E-state index in [4.69, 9.17) is 5.11 Å². The number of carbonyl (C=O) groups is 3. The number of pyridine rings is 1. The number of hydrogen-bond acceptors (Lipinski definition) is 5. The minimum atomic E-state index is -0.865. The van der Waals surface area contributed by atoms with E-state index in [1.165, 1.54) is 4.70 Å². The minimum absolute atomic E-state index is 0.222. The number of aliphatic carboxylic acids is 1. The second-order valence-corrected chi connectivity index (χ2v) is 9.19. The molecule has 8 nitrogen and oxygen atoms in total. The van der Waals surface area contributed by atoms with Crippen molar-refractivity contribution in [3.05, 3.63) is 94.8 Å². The lowest BCUT2D eigenvalue weighted by molar-refractivity contribution is -0.139. The van der Waals surface area contributed by atoms with Gasteiger partial charge in [0.15, 0.2) is 0 Å². The van der Waals surface area contributed by atoms with Crippen LogP contribution >= 0.6 is 11.3 Å². The molecule has 0 saturated heterocycles. The highest BCUT2D eigenvalue weighted by Crippen LogP contribution is 2.22. The first-order valence-electron chi connectivity index (χ1n) is 11.1. The minimum Gasteiger partial charge on any atom is -0.481 e. The number of fused-ring (bicyclic) bond motifs is 2. The molecule has 4 aromatic rings. The number of benzene rings is 1. The van der Waals surface area contributed by atoms with Gasteiger partial charge in [0, 0.05) is 24.0 Å². The maximum atomic E-state index is 12.8. The summed E-state index contributed by atoms with van der Waals surface area (Å²) in [6.45, 7) is 0.645. The Bertz CT molecular complexity index is 1510. The SMILES string of the molecule is O=C(NCc1ccc2sccc2c1)c1cn2c(C(=O)NCC3=CCC(C(=O)O)C=C3)cccc2n1. The van der Waals surface area contributed by atoms with Crippen LogP contribution in [0.4, 0.5) is 0 Å². The third kappa shape index (κ3) is 4.85. The Morgan fingerprint density at radius 2 is 1.94 bits per heavy atom. The van der Waals surface area contributed by atoms with Gasteiger partial charge in [-0.25, -0.2) is 4.98 Å². The number of imidazole rings is 1. The van der Waals surface area contributed by atoms with E-state index in [1.807, 2.05) is 29.7 Å². The van der Waals surface area contributed by atoms with Crippen molar-refractivity contribution < 1.29 is 19.5 Å². The van der Waals surface area contributed by atoms with Crippen molar-refractivity contribution in [2.75, 3.05) is 6.54 Å². The first kappa shape index (κ1) is 22.5. The molecular formula is C26H22N4O4S. The van der Waals surface area contributed by atoms with Gasteiger partial charge in [0.25, 0.3) is 11.8 Å². The lowest BCUT2D eigenvalue weighted by atomic mass is 9.97. The van der Waals surface area contributed by atoms with Gasteiger partial charge in [0.2, 0.25) is 0 Å². The van der Waals surface area contributed by atoms with E-state index in [1.54, 1.807) is 52.3 Å². The molecule has 176 valence electrons. The van der Waals surface area contributed by atoms with Crippen molar-refractivity contribution in [3.8, 4) is 0 Å². The zero-order chi connectivity index (χ0) is 24.4. The Labute approximate surface area is 204 Å². The molecule has 0 aliphatic heterocycles. The van der Waals surface area contributed by atoms with Crippen molar-refractivity contribution in [3.63, 3.8) is 0 Å². The topological polar surface area (TPSA) is 113 Å². The molecule has 0 bridgehead atoms. The maximum absolute atomic E-state index is 12.8. The molecule has 1 aromatic carbocycles. The largest absolute Gasteiger partial charge is 0.481 e. The monoisotopic (exact) mass is 486 g/mol. The quantitative estimate of drug-likeness (QED) is 0.368. The van der Waals surface area contributed by atoms with Crippen LogP contribution in [0.2, 0.25) is 0 Å². The molecule has 0 fully saturated rings. The smallest absolute Gasteiger partial charge is 0.310 e. The van der Waals surface area contributed by atoms with Crippen molar-refractivity contribution >= 4 is 44.9 Å². The van der Waals surface area contributed by atoms with Gasteiger partial charge in [-0.2, -0.15) is 0 Å². The van der Waals surface area contributed by atoms with Crippen LogP contribution in [0.3, 0.4) is 0 Å². The second kappa shape index (κ2) is 9.55. The van der Waals surface area contributed by atoms with E-state index in [0.29, 0.717) is 24.3 Å². The highest BCUT2D eigenvalue weighted by Gasteiger charge is 2.18. The van der Waals surface area contributed by atoms with E-state index in [2.05, 4.69) is 21.7 Å². The summed E-state index contributed by atoms with van der Waals surface area (Å²) in [7, 11) is 0. The third-order valence-corrected chi connectivity index (χ3v) is 6.77. The summed E-state index contributed by atoms with van der Waals surface area (Å²) in [5.41, 5.74) is 2.90. The maximum Gasteiger partial charge on any atom is 0.310 e. The number of carboxylic acid groups (broad SMARTS) is 1. The summed E-state index contributed by atoms with van der Waals surface area (Å²) in [5, 5.41) is 18.0. The molecule has 0 spiro atoms. The van der Waals surface area contributed by atoms with Gasteiger partial charge in [-0.05, 0) is 58.7 Å². The number of thiophene rings is 1. The number of aromatic nitrogens is 2. The van der Waals surface area contributed by atoms with Crippen LogP contribution in [0.5, 0.6) is 0 Å². The van der Waals surface area contributed by atoms with E-state index in [0.717, 1.165) is 16.5 Å². The van der Waals surface area contributed by atoms with E-state index in [-0.39, 0.29) is 24.1 Å². The molecule has 1 atom stereocenters. The average molecular weight is 487 g/mol. The molecule has 3 heterocycles. The van der Waals surface area contributed by atoms with Gasteiger partial charge in [0.05, 0.1) is 5.92 Å². The summed E-state index contributed by atoms with van der Waals surface area (Å²) in [6.07, 6.45) is 7.12. The number of nitrogens with zero attached hydrogens (tertiary/aromatic N) is 2. The highest BCUT2D eigenvalue weighted by atomic mass is 32.1. The zero-order valence-corrected chi connectivity index (χ0v) is 19.4. The number of hydrogen-bond donors (Lipinski definition) is 3. The fourth-order valence-electron chi connectivity index (χ4n) is 3.96. The summed E-state index contributed by atoms with van der Waals surface area (Å²) < 4.78 is 2.79. The predicted molar refractivity (Wildman–Crippen MR) is 133 cm³/mol. The van der Waals surface area contributed by atoms with Crippen molar-refractivity contribution in [1.29, 1.82) is 0 Å². The molecule has 5 rings (SSSR count). The summed E-state index contributed by atoms with van der Waals surface area (Å²) in [4.78, 5) is 41.0. The molecule has 3 N–H and O–H groups in total. The van der Waals surface area contributed by atoms with Crippen LogP contribution in [0, 0.1) is 5.92 Å². The molecule has 1 aliphatic rings. The second-order valence-electron chi connectivity index (χ2n) is 8.24. The van der Waals surface area contributed by atoms with Gasteiger partial charge >= 0.3 is 5.97 Å².